The van der Waals surface area contributed by atoms with E-state index in [1.165, 1.54) is 13.7 Å². The maximum absolute atomic E-state index is 15.4. The van der Waals surface area contributed by atoms with Crippen LogP contribution in [0.5, 0.6) is 17.2 Å². The summed E-state index contributed by atoms with van der Waals surface area (Å²) >= 11 is 0. The Bertz CT molecular complexity index is 2150. The monoisotopic (exact) mass is 910 g/mol. The minimum absolute atomic E-state index is 0.177. The van der Waals surface area contributed by atoms with E-state index in [1.54, 1.807) is 0 Å². The van der Waals surface area contributed by atoms with Crippen molar-refractivity contribution < 1.29 is 15.3 Å². The maximum atomic E-state index is 15.4. The molecule has 4 rings (SSSR count). The van der Waals surface area contributed by atoms with Crippen molar-refractivity contribution in [3.63, 3.8) is 0 Å². The molecule has 3 N–H and O–H groups in total. The van der Waals surface area contributed by atoms with Gasteiger partial charge in [-0.1, -0.05) is 161 Å². The molecule has 0 spiro atoms. The van der Waals surface area contributed by atoms with E-state index >= 15 is 14.4 Å². The molecule has 1 heterocycles. The molecule has 0 aliphatic rings. The first kappa shape index (κ1) is 54.1. The molecule has 0 amide bonds. The summed E-state index contributed by atoms with van der Waals surface area (Å²) in [5.41, 5.74) is 3.15. The molecule has 0 saturated heterocycles. The van der Waals surface area contributed by atoms with Crippen molar-refractivity contribution in [2.75, 3.05) is 0 Å². The van der Waals surface area contributed by atoms with Crippen molar-refractivity contribution in [2.24, 2.45) is 32.5 Å². The van der Waals surface area contributed by atoms with Crippen molar-refractivity contribution in [3.05, 3.63) is 118 Å². The average Bonchev–Trinajstić information content (AvgIpc) is 3.09. The van der Waals surface area contributed by atoms with Crippen LogP contribution in [0.3, 0.4) is 0 Å². The second-order valence-corrected chi connectivity index (χ2v) is 27.0. The van der Waals surface area contributed by atoms with Gasteiger partial charge in [0.15, 0.2) is 0 Å². The Hall–Kier alpha value is -4.53. The minimum atomic E-state index is -0.846. The lowest BCUT2D eigenvalue weighted by atomic mass is 9.82. The molecule has 366 valence electrons. The molecule has 1 aromatic heterocycles. The first-order chi connectivity index (χ1) is 29.7. The lowest BCUT2D eigenvalue weighted by molar-refractivity contribution is 0.373. The topological polar surface area (TPSA) is 127 Å². The number of phenols is 3. The van der Waals surface area contributed by atoms with E-state index in [-0.39, 0.29) is 49.7 Å². The third-order valence-electron chi connectivity index (χ3n) is 12.0. The lowest BCUT2D eigenvalue weighted by Gasteiger charge is -2.28. The SMILES string of the molecule is CC(c1cc(CC(C)(C)C)c(O)c(CC(C)(C)C)c1)n1c(=O)n(C(C)c2cc(CC(C)(C)C)c(O)c(CC(C)(C)C)c2)c(=O)n(C(C)c2cc(CC(C)(C)C)c(O)c(CC(C)(C)C)c2)c1=O. The molecule has 9 nitrogen and oxygen atoms in total. The Morgan fingerprint density at radius 3 is 0.591 bits per heavy atom. The van der Waals surface area contributed by atoms with Crippen molar-refractivity contribution in [2.45, 2.75) is 202 Å². The Morgan fingerprint density at radius 1 is 0.333 bits per heavy atom. The van der Waals surface area contributed by atoms with Crippen LogP contribution in [0, 0.1) is 32.5 Å². The second-order valence-electron chi connectivity index (χ2n) is 27.0. The van der Waals surface area contributed by atoms with Gasteiger partial charge in [-0.15, -0.1) is 0 Å². The number of hydrogen-bond acceptors (Lipinski definition) is 6. The van der Waals surface area contributed by atoms with Gasteiger partial charge in [-0.2, -0.15) is 0 Å². The zero-order chi connectivity index (χ0) is 50.6. The van der Waals surface area contributed by atoms with E-state index in [1.807, 2.05) is 57.2 Å². The molecule has 4 aromatic rings. The third kappa shape index (κ3) is 13.8. The highest BCUT2D eigenvalue weighted by atomic mass is 16.3. The number of hydrogen-bond donors (Lipinski definition) is 3. The van der Waals surface area contributed by atoms with Crippen LogP contribution in [0.1, 0.15) is 214 Å². The number of aromatic hydroxyl groups is 3. The van der Waals surface area contributed by atoms with Gasteiger partial charge >= 0.3 is 17.1 Å². The number of rotatable bonds is 12. The summed E-state index contributed by atoms with van der Waals surface area (Å²) < 4.78 is 3.63. The van der Waals surface area contributed by atoms with Gasteiger partial charge in [0.1, 0.15) is 17.2 Å². The van der Waals surface area contributed by atoms with E-state index in [0.717, 1.165) is 33.4 Å². The fraction of sp³-hybridized carbons (Fsp3) is 0.632. The van der Waals surface area contributed by atoms with E-state index in [0.29, 0.717) is 55.2 Å². The number of aromatic nitrogens is 3. The average molecular weight is 910 g/mol. The fourth-order valence-electron chi connectivity index (χ4n) is 9.36. The highest BCUT2D eigenvalue weighted by molar-refractivity contribution is 5.48. The van der Waals surface area contributed by atoms with Crippen molar-refractivity contribution >= 4 is 0 Å². The molecule has 3 unspecified atom stereocenters. The Balaban J connectivity index is 2.20. The highest BCUT2D eigenvalue weighted by Crippen LogP contribution is 2.40. The molecule has 0 saturated carbocycles. The molecular formula is C57H87N3O6. The van der Waals surface area contributed by atoms with Gasteiger partial charge in [-0.05, 0) is 142 Å². The minimum Gasteiger partial charge on any atom is -0.507 e. The van der Waals surface area contributed by atoms with E-state index in [2.05, 4.69) is 125 Å². The number of nitrogens with zero attached hydrogens (tertiary/aromatic N) is 3. The van der Waals surface area contributed by atoms with Crippen LogP contribution in [0.4, 0.5) is 0 Å². The van der Waals surface area contributed by atoms with Crippen molar-refractivity contribution in [3.8, 4) is 17.2 Å². The smallest absolute Gasteiger partial charge is 0.337 e. The molecule has 0 aliphatic carbocycles. The zero-order valence-electron chi connectivity index (χ0n) is 44.8. The second kappa shape index (κ2) is 18.9. The Kier molecular flexibility index (Phi) is 15.5. The molecule has 3 atom stereocenters. The van der Waals surface area contributed by atoms with Gasteiger partial charge in [-0.25, -0.2) is 28.1 Å². The summed E-state index contributed by atoms with van der Waals surface area (Å²) in [5.74, 6) is 0.671. The molecule has 0 fully saturated rings. The largest absolute Gasteiger partial charge is 0.507 e. The normalized spacial score (nSPS) is 14.7. The highest BCUT2D eigenvalue weighted by Gasteiger charge is 2.31. The van der Waals surface area contributed by atoms with E-state index in [4.69, 9.17) is 0 Å². The fourth-order valence-corrected chi connectivity index (χ4v) is 9.36. The van der Waals surface area contributed by atoms with Gasteiger partial charge in [0, 0.05) is 0 Å². The molecule has 3 aromatic carbocycles. The van der Waals surface area contributed by atoms with Crippen LogP contribution in [-0.4, -0.2) is 29.0 Å². The summed E-state index contributed by atoms with van der Waals surface area (Å²) in [4.78, 5) is 46.2. The van der Waals surface area contributed by atoms with Crippen LogP contribution in [-0.2, 0) is 38.5 Å². The molecule has 9 heteroatoms. The van der Waals surface area contributed by atoms with Crippen LogP contribution in [0.25, 0.3) is 0 Å². The molecule has 0 aliphatic heterocycles. The van der Waals surface area contributed by atoms with Crippen molar-refractivity contribution in [1.29, 1.82) is 0 Å². The summed E-state index contributed by atoms with van der Waals surface area (Å²) in [7, 11) is 0. The summed E-state index contributed by atoms with van der Waals surface area (Å²) in [6.07, 6.45) is 3.37. The summed E-state index contributed by atoms with van der Waals surface area (Å²) in [6, 6.07) is 8.91. The molecule has 0 bridgehead atoms. The first-order valence-electron chi connectivity index (χ1n) is 24.2. The van der Waals surface area contributed by atoms with Crippen LogP contribution < -0.4 is 17.1 Å². The van der Waals surface area contributed by atoms with Gasteiger partial charge in [-0.3, -0.25) is 0 Å². The lowest BCUT2D eigenvalue weighted by Crippen LogP contribution is -2.57. The zero-order valence-corrected chi connectivity index (χ0v) is 44.8. The third-order valence-corrected chi connectivity index (χ3v) is 12.0. The number of phenolic OH excluding ortho intramolecular Hbond substituents is 3. The van der Waals surface area contributed by atoms with Gasteiger partial charge < -0.3 is 15.3 Å². The van der Waals surface area contributed by atoms with Gasteiger partial charge in [0.05, 0.1) is 18.1 Å². The maximum Gasteiger partial charge on any atom is 0.337 e. The number of benzene rings is 3. The van der Waals surface area contributed by atoms with Crippen molar-refractivity contribution in [1.82, 2.24) is 13.7 Å². The van der Waals surface area contributed by atoms with E-state index < -0.39 is 35.2 Å². The summed E-state index contributed by atoms with van der Waals surface area (Å²) in [5, 5.41) is 35.2. The van der Waals surface area contributed by atoms with Crippen LogP contribution in [0.15, 0.2) is 50.8 Å². The predicted octanol–water partition coefficient (Wildman–Crippen LogP) is 12.6. The van der Waals surface area contributed by atoms with Crippen LogP contribution >= 0.6 is 0 Å². The van der Waals surface area contributed by atoms with E-state index in [9.17, 15) is 15.3 Å². The first-order valence-corrected chi connectivity index (χ1v) is 24.2. The van der Waals surface area contributed by atoms with Gasteiger partial charge in [0.25, 0.3) is 0 Å². The molecular weight excluding hydrogens is 823 g/mol. The quantitative estimate of drug-likeness (QED) is 0.130. The Morgan fingerprint density at radius 2 is 0.470 bits per heavy atom. The standard InChI is InChI=1S/C57H87N3O6/c1-34(37-22-40(28-52(4,5)6)46(61)41(23-37)29-53(7,8)9)58-49(64)59(35(2)38-24-42(30-54(10,11)12)47(62)43(25-38)31-55(13,14)15)51(66)60(50(58)65)36(3)39-26-44(32-56(16,17)18)48(63)45(27-39)33-57(19,20)21/h22-27,34-36,61-63H,28-33H2,1-21H3. The van der Waals surface area contributed by atoms with Crippen LogP contribution in [0.2, 0.25) is 0 Å². The molecule has 66 heavy (non-hydrogen) atoms. The summed E-state index contributed by atoms with van der Waals surface area (Å²) in [6.45, 7) is 43.5. The Labute approximate surface area is 397 Å². The molecule has 0 radical (unpaired) electrons. The van der Waals surface area contributed by atoms with Gasteiger partial charge in [0.2, 0.25) is 0 Å². The predicted molar refractivity (Wildman–Crippen MR) is 274 cm³/mol.